The zero-order valence-corrected chi connectivity index (χ0v) is 30.8. The van der Waals surface area contributed by atoms with E-state index in [1.807, 2.05) is 0 Å². The molecule has 0 aliphatic heterocycles. The third kappa shape index (κ3) is 7.61. The Morgan fingerprint density at radius 1 is 0.556 bits per heavy atom. The van der Waals surface area contributed by atoms with E-state index in [1.165, 1.54) is 26.3 Å². The molecule has 1 atom stereocenters. The smallest absolute Gasteiger partial charge is 0.261 e. The first kappa shape index (κ1) is 35.0. The van der Waals surface area contributed by atoms with Crippen LogP contribution >= 0.6 is 7.26 Å². The van der Waals surface area contributed by atoms with Gasteiger partial charge in [-0.05, 0) is 71.1 Å². The zero-order chi connectivity index (χ0) is 30.9. The first-order valence-corrected chi connectivity index (χ1v) is 20.1. The summed E-state index contributed by atoms with van der Waals surface area (Å²) in [6.45, 7) is 9.47. The van der Waals surface area contributed by atoms with E-state index in [1.54, 1.807) is 0 Å². The molecule has 0 aromatic heterocycles. The van der Waals surface area contributed by atoms with Crippen molar-refractivity contribution >= 4 is 41.9 Å². The normalized spacial score (nSPS) is 12.7. The van der Waals surface area contributed by atoms with Gasteiger partial charge >= 0.3 is 0 Å². The molecule has 0 spiro atoms. The van der Waals surface area contributed by atoms with Gasteiger partial charge in [0.1, 0.15) is 23.2 Å². The molecule has 45 heavy (non-hydrogen) atoms. The fourth-order valence-corrected chi connectivity index (χ4v) is 16.1. The molecule has 5 aromatic rings. The van der Waals surface area contributed by atoms with Crippen LogP contribution in [0.4, 0.5) is 0 Å². The lowest BCUT2D eigenvalue weighted by molar-refractivity contribution is -0.0000103. The molecule has 5 rings (SSSR count). The van der Waals surface area contributed by atoms with Crippen molar-refractivity contribution in [2.75, 3.05) is 6.16 Å². The summed E-state index contributed by atoms with van der Waals surface area (Å²) in [4.78, 5) is 0. The largest absolute Gasteiger partial charge is 1.00 e. The monoisotopic (exact) mass is 694 g/mol. The second-order valence-corrected chi connectivity index (χ2v) is 20.7. The van der Waals surface area contributed by atoms with Gasteiger partial charge in [-0.2, -0.15) is 0 Å². The summed E-state index contributed by atoms with van der Waals surface area (Å²) < 4.78 is 7.70. The molecule has 0 radical (unpaired) electrons. The SMILES string of the molecule is CCC[C@H](CCC[P+](c1ccccc1)(c1ccccc1)c1ccccc1)O[Si](c1ccccc1)(c1ccccc1)C(C)(C)C.[Br-]. The summed E-state index contributed by atoms with van der Waals surface area (Å²) in [5.41, 5.74) is 0. The van der Waals surface area contributed by atoms with Gasteiger partial charge in [-0.25, -0.2) is 0 Å². The van der Waals surface area contributed by atoms with Crippen molar-refractivity contribution in [3.05, 3.63) is 152 Å². The predicted molar refractivity (Wildman–Crippen MR) is 197 cm³/mol. The van der Waals surface area contributed by atoms with Crippen molar-refractivity contribution in [3.63, 3.8) is 0 Å². The Kier molecular flexibility index (Phi) is 12.6. The minimum Gasteiger partial charge on any atom is -1.00 e. The highest BCUT2D eigenvalue weighted by Crippen LogP contribution is 2.56. The van der Waals surface area contributed by atoms with Crippen molar-refractivity contribution in [1.29, 1.82) is 0 Å². The molecule has 234 valence electrons. The number of benzene rings is 5. The van der Waals surface area contributed by atoms with Gasteiger partial charge in [0.05, 0.1) is 6.16 Å². The fourth-order valence-electron chi connectivity index (χ4n) is 6.96. The van der Waals surface area contributed by atoms with E-state index in [0.717, 1.165) is 31.8 Å². The Bertz CT molecular complexity index is 1400. The number of halogens is 1. The maximum Gasteiger partial charge on any atom is 0.261 e. The minimum absolute atomic E-state index is 0. The van der Waals surface area contributed by atoms with Gasteiger partial charge < -0.3 is 21.4 Å². The lowest BCUT2D eigenvalue weighted by Gasteiger charge is -2.45. The average molecular weight is 696 g/mol. The predicted octanol–water partition coefficient (Wildman–Crippen LogP) is 5.51. The van der Waals surface area contributed by atoms with Crippen LogP contribution in [0.3, 0.4) is 0 Å². The summed E-state index contributed by atoms with van der Waals surface area (Å²) in [6, 6.07) is 56.1. The van der Waals surface area contributed by atoms with Crippen molar-refractivity contribution in [2.45, 2.75) is 64.5 Å². The van der Waals surface area contributed by atoms with Crippen LogP contribution < -0.4 is 43.3 Å². The molecular formula is C41H48BrOPSi. The van der Waals surface area contributed by atoms with Gasteiger partial charge in [0, 0.05) is 6.10 Å². The first-order valence-electron chi connectivity index (χ1n) is 16.3. The molecule has 0 unspecified atom stereocenters. The maximum absolute atomic E-state index is 7.70. The minimum atomic E-state index is -2.63. The van der Waals surface area contributed by atoms with Crippen LogP contribution in [0.5, 0.6) is 0 Å². The van der Waals surface area contributed by atoms with E-state index in [9.17, 15) is 0 Å². The summed E-state index contributed by atoms with van der Waals surface area (Å²) in [6.07, 6.45) is 5.64. The lowest BCUT2D eigenvalue weighted by atomic mass is 10.1. The standard InChI is InChI=1S/C41H48OPSi.BrH/c1-5-22-35(42-44(41(2,3)4,39-30-17-9-18-31-39)40-32-19-10-20-33-40)23-21-34-43(36-24-11-6-12-25-36,37-26-13-7-14-27-37)38-28-15-8-16-29-38;/h6-20,24-33,35H,5,21-23,34H2,1-4H3;1H/q+1;/p-1/t35-;/m1./s1. The maximum atomic E-state index is 7.70. The second kappa shape index (κ2) is 16.1. The Morgan fingerprint density at radius 3 is 1.24 bits per heavy atom. The topological polar surface area (TPSA) is 9.23 Å². The van der Waals surface area contributed by atoms with Crippen LogP contribution in [-0.2, 0) is 4.43 Å². The molecular weight excluding hydrogens is 647 g/mol. The van der Waals surface area contributed by atoms with Crippen molar-refractivity contribution in [1.82, 2.24) is 0 Å². The van der Waals surface area contributed by atoms with Crippen LogP contribution in [0.2, 0.25) is 5.04 Å². The summed E-state index contributed by atoms with van der Waals surface area (Å²) in [5, 5.41) is 7.06. The van der Waals surface area contributed by atoms with Gasteiger partial charge in [0.25, 0.3) is 8.32 Å². The van der Waals surface area contributed by atoms with Gasteiger partial charge in [0.2, 0.25) is 0 Å². The molecule has 5 aromatic carbocycles. The first-order chi connectivity index (χ1) is 21.4. The molecule has 0 saturated carbocycles. The van der Waals surface area contributed by atoms with Crippen LogP contribution in [-0.4, -0.2) is 20.6 Å². The quantitative estimate of drug-likeness (QED) is 0.117. The molecule has 0 saturated heterocycles. The molecule has 0 N–H and O–H groups in total. The second-order valence-electron chi connectivity index (χ2n) is 12.9. The van der Waals surface area contributed by atoms with E-state index in [4.69, 9.17) is 4.43 Å². The van der Waals surface area contributed by atoms with Crippen LogP contribution in [0.15, 0.2) is 152 Å². The van der Waals surface area contributed by atoms with Gasteiger partial charge in [-0.1, -0.05) is 149 Å². The van der Waals surface area contributed by atoms with Crippen molar-refractivity contribution in [3.8, 4) is 0 Å². The molecule has 4 heteroatoms. The van der Waals surface area contributed by atoms with E-state index in [-0.39, 0.29) is 28.1 Å². The van der Waals surface area contributed by atoms with Crippen LogP contribution in [0.25, 0.3) is 0 Å². The molecule has 0 heterocycles. The lowest BCUT2D eigenvalue weighted by Crippen LogP contribution is -3.00. The van der Waals surface area contributed by atoms with Crippen LogP contribution in [0.1, 0.15) is 53.4 Å². The third-order valence-electron chi connectivity index (χ3n) is 8.98. The third-order valence-corrected chi connectivity index (χ3v) is 18.6. The average Bonchev–Trinajstić information content (AvgIpc) is 3.07. The zero-order valence-electron chi connectivity index (χ0n) is 27.3. The van der Waals surface area contributed by atoms with Gasteiger partial charge in [-0.3, -0.25) is 0 Å². The highest BCUT2D eigenvalue weighted by Gasteiger charge is 2.51. The molecule has 1 nitrogen and oxygen atoms in total. The molecule has 0 aliphatic carbocycles. The van der Waals surface area contributed by atoms with E-state index in [2.05, 4.69) is 179 Å². The summed E-state index contributed by atoms with van der Waals surface area (Å²) >= 11 is 0. The van der Waals surface area contributed by atoms with Crippen molar-refractivity contribution in [2.24, 2.45) is 0 Å². The van der Waals surface area contributed by atoms with E-state index < -0.39 is 15.6 Å². The molecule has 0 aliphatic rings. The number of hydrogen-bond acceptors (Lipinski definition) is 1. The molecule has 0 bridgehead atoms. The van der Waals surface area contributed by atoms with E-state index >= 15 is 0 Å². The number of rotatable bonds is 13. The Labute approximate surface area is 284 Å². The number of hydrogen-bond donors (Lipinski definition) is 0. The summed E-state index contributed by atoms with van der Waals surface area (Å²) in [5.74, 6) is 0. The van der Waals surface area contributed by atoms with E-state index in [0.29, 0.717) is 0 Å². The Balaban J connectivity index is 0.00000461. The van der Waals surface area contributed by atoms with Crippen molar-refractivity contribution < 1.29 is 21.4 Å². The molecule has 0 fully saturated rings. The Morgan fingerprint density at radius 2 is 0.911 bits per heavy atom. The Hall–Kier alpha value is -2.81. The van der Waals surface area contributed by atoms with Gasteiger partial charge in [0.15, 0.2) is 0 Å². The highest BCUT2D eigenvalue weighted by atomic mass is 79.9. The molecule has 0 amide bonds. The summed E-state index contributed by atoms with van der Waals surface area (Å²) in [7, 11) is -4.50. The van der Waals surface area contributed by atoms with Crippen LogP contribution in [0, 0.1) is 0 Å². The fraction of sp³-hybridized carbons (Fsp3) is 0.268. The van der Waals surface area contributed by atoms with Gasteiger partial charge in [-0.15, -0.1) is 0 Å². The highest BCUT2D eigenvalue weighted by molar-refractivity contribution is 7.95.